The molecule has 1 rings (SSSR count). The molecular weight excluding hydrogens is 132 g/mol. The highest BCUT2D eigenvalue weighted by atomic mass is 14.3. The van der Waals surface area contributed by atoms with Crippen LogP contribution in [0.25, 0.3) is 0 Å². The highest BCUT2D eigenvalue weighted by Gasteiger charge is 2.21. The molecule has 0 aliphatic heterocycles. The fourth-order valence-corrected chi connectivity index (χ4v) is 1.67. The third-order valence-electron chi connectivity index (χ3n) is 2.94. The fourth-order valence-electron chi connectivity index (χ4n) is 1.67. The van der Waals surface area contributed by atoms with Crippen LogP contribution >= 0.6 is 0 Å². The van der Waals surface area contributed by atoms with Gasteiger partial charge in [-0.05, 0) is 24.2 Å². The minimum Gasteiger partial charge on any atom is -0.0990 e. The van der Waals surface area contributed by atoms with E-state index in [0.717, 1.165) is 0 Å². The molecule has 11 heavy (non-hydrogen) atoms. The molecule has 0 heterocycles. The minimum absolute atomic E-state index is 0.640. The first-order chi connectivity index (χ1) is 5.16. The molecule has 0 radical (unpaired) electrons. The summed E-state index contributed by atoms with van der Waals surface area (Å²) in [7, 11) is 0. The van der Waals surface area contributed by atoms with Crippen LogP contribution in [-0.2, 0) is 0 Å². The zero-order chi connectivity index (χ0) is 8.43. The van der Waals surface area contributed by atoms with E-state index in [1.165, 1.54) is 12.0 Å². The van der Waals surface area contributed by atoms with Crippen LogP contribution in [-0.4, -0.2) is 0 Å². The van der Waals surface area contributed by atoms with Gasteiger partial charge in [0.25, 0.3) is 0 Å². The molecule has 0 nitrogen and oxygen atoms in total. The molecule has 1 aliphatic rings. The molecule has 0 aromatic heterocycles. The summed E-state index contributed by atoms with van der Waals surface area (Å²) in [6, 6.07) is 0. The van der Waals surface area contributed by atoms with E-state index in [-0.39, 0.29) is 0 Å². The van der Waals surface area contributed by atoms with Crippen molar-refractivity contribution in [2.24, 2.45) is 17.8 Å². The van der Waals surface area contributed by atoms with Gasteiger partial charge in [0.1, 0.15) is 0 Å². The van der Waals surface area contributed by atoms with E-state index in [0.29, 0.717) is 17.8 Å². The highest BCUT2D eigenvalue weighted by molar-refractivity contribution is 5.19. The minimum atomic E-state index is 0.640. The van der Waals surface area contributed by atoms with Crippen LogP contribution in [0.4, 0.5) is 0 Å². The van der Waals surface area contributed by atoms with Crippen LogP contribution < -0.4 is 0 Å². The van der Waals surface area contributed by atoms with Crippen molar-refractivity contribution in [3.8, 4) is 0 Å². The number of allylic oxidation sites excluding steroid dienone is 3. The van der Waals surface area contributed by atoms with Crippen molar-refractivity contribution in [2.45, 2.75) is 27.2 Å². The summed E-state index contributed by atoms with van der Waals surface area (Å²) < 4.78 is 0. The van der Waals surface area contributed by atoms with Gasteiger partial charge in [0, 0.05) is 0 Å². The molecule has 0 heteroatoms. The first kappa shape index (κ1) is 8.58. The topological polar surface area (TPSA) is 0 Å². The Morgan fingerprint density at radius 2 is 2.00 bits per heavy atom. The third-order valence-corrected chi connectivity index (χ3v) is 2.94. The second-order valence-corrected chi connectivity index (χ2v) is 3.62. The van der Waals surface area contributed by atoms with E-state index >= 15 is 0 Å². The summed E-state index contributed by atoms with van der Waals surface area (Å²) in [6.45, 7) is 10.9. The molecule has 0 bridgehead atoms. The summed E-state index contributed by atoms with van der Waals surface area (Å²) in [4.78, 5) is 0. The Balaban J connectivity index is 2.76. The average Bonchev–Trinajstić information content (AvgIpc) is 2.01. The molecule has 62 valence electrons. The Morgan fingerprint density at radius 3 is 2.55 bits per heavy atom. The molecule has 0 amide bonds. The summed E-state index contributed by atoms with van der Waals surface area (Å²) in [5.41, 5.74) is 1.42. The zero-order valence-corrected chi connectivity index (χ0v) is 7.80. The molecular formula is C11H18. The fraction of sp³-hybridized carbons (Fsp3) is 0.636. The molecule has 0 saturated heterocycles. The molecule has 0 spiro atoms. The quantitative estimate of drug-likeness (QED) is 0.502. The van der Waals surface area contributed by atoms with Crippen molar-refractivity contribution in [1.82, 2.24) is 0 Å². The van der Waals surface area contributed by atoms with Gasteiger partial charge in [0.15, 0.2) is 0 Å². The van der Waals surface area contributed by atoms with Crippen molar-refractivity contribution in [3.63, 3.8) is 0 Å². The first-order valence-electron chi connectivity index (χ1n) is 4.53. The third kappa shape index (κ3) is 1.55. The van der Waals surface area contributed by atoms with Gasteiger partial charge < -0.3 is 0 Å². The van der Waals surface area contributed by atoms with Crippen LogP contribution in [0.3, 0.4) is 0 Å². The Kier molecular flexibility index (Phi) is 2.53. The maximum atomic E-state index is 4.15. The second-order valence-electron chi connectivity index (χ2n) is 3.62. The lowest BCUT2D eigenvalue weighted by Crippen LogP contribution is -2.18. The van der Waals surface area contributed by atoms with E-state index in [2.05, 4.69) is 39.5 Å². The SMILES string of the molecule is C=C1C(CC)C=CC(C)C1C. The Morgan fingerprint density at radius 1 is 1.36 bits per heavy atom. The maximum Gasteiger partial charge on any atom is -0.00256 e. The number of rotatable bonds is 1. The van der Waals surface area contributed by atoms with E-state index < -0.39 is 0 Å². The molecule has 0 fully saturated rings. The second kappa shape index (κ2) is 3.25. The van der Waals surface area contributed by atoms with E-state index in [1.54, 1.807) is 0 Å². The molecule has 0 aromatic rings. The van der Waals surface area contributed by atoms with Crippen molar-refractivity contribution in [2.75, 3.05) is 0 Å². The van der Waals surface area contributed by atoms with Gasteiger partial charge >= 0.3 is 0 Å². The summed E-state index contributed by atoms with van der Waals surface area (Å²) in [5.74, 6) is 2.00. The lowest BCUT2D eigenvalue weighted by atomic mass is 9.76. The molecule has 0 N–H and O–H groups in total. The summed E-state index contributed by atoms with van der Waals surface area (Å²) in [6.07, 6.45) is 5.84. The number of hydrogen-bond acceptors (Lipinski definition) is 0. The van der Waals surface area contributed by atoms with Crippen LogP contribution in [0.5, 0.6) is 0 Å². The van der Waals surface area contributed by atoms with E-state index in [9.17, 15) is 0 Å². The molecule has 3 unspecified atom stereocenters. The van der Waals surface area contributed by atoms with Crippen LogP contribution in [0.2, 0.25) is 0 Å². The molecule has 0 saturated carbocycles. The molecule has 1 aliphatic carbocycles. The summed E-state index contributed by atoms with van der Waals surface area (Å²) >= 11 is 0. The lowest BCUT2D eigenvalue weighted by molar-refractivity contribution is 0.456. The predicted octanol–water partition coefficient (Wildman–Crippen LogP) is 3.41. The van der Waals surface area contributed by atoms with Crippen LogP contribution in [0.1, 0.15) is 27.2 Å². The van der Waals surface area contributed by atoms with Gasteiger partial charge in [-0.2, -0.15) is 0 Å². The van der Waals surface area contributed by atoms with Crippen molar-refractivity contribution < 1.29 is 0 Å². The van der Waals surface area contributed by atoms with Gasteiger partial charge in [-0.25, -0.2) is 0 Å². The number of hydrogen-bond donors (Lipinski definition) is 0. The summed E-state index contributed by atoms with van der Waals surface area (Å²) in [5, 5.41) is 0. The average molecular weight is 150 g/mol. The van der Waals surface area contributed by atoms with E-state index in [1.807, 2.05) is 0 Å². The van der Waals surface area contributed by atoms with E-state index in [4.69, 9.17) is 0 Å². The Labute approximate surface area is 70.0 Å². The monoisotopic (exact) mass is 150 g/mol. The predicted molar refractivity (Wildman–Crippen MR) is 50.4 cm³/mol. The van der Waals surface area contributed by atoms with Gasteiger partial charge in [-0.3, -0.25) is 0 Å². The maximum absolute atomic E-state index is 4.15. The van der Waals surface area contributed by atoms with Gasteiger partial charge in [0.2, 0.25) is 0 Å². The Hall–Kier alpha value is -0.520. The van der Waals surface area contributed by atoms with Crippen LogP contribution in [0.15, 0.2) is 24.3 Å². The molecule has 0 aromatic carbocycles. The standard InChI is InChI=1S/C11H18/c1-5-11-7-6-8(2)9(3)10(11)4/h6-9,11H,4-5H2,1-3H3. The highest BCUT2D eigenvalue weighted by Crippen LogP contribution is 2.33. The largest absolute Gasteiger partial charge is 0.0990 e. The zero-order valence-electron chi connectivity index (χ0n) is 7.80. The Bertz CT molecular complexity index is 176. The van der Waals surface area contributed by atoms with Gasteiger partial charge in [0.05, 0.1) is 0 Å². The molecule has 3 atom stereocenters. The van der Waals surface area contributed by atoms with Crippen molar-refractivity contribution >= 4 is 0 Å². The lowest BCUT2D eigenvalue weighted by Gasteiger charge is -2.29. The smallest absolute Gasteiger partial charge is 0.00256 e. The van der Waals surface area contributed by atoms with Crippen LogP contribution in [0, 0.1) is 17.8 Å². The van der Waals surface area contributed by atoms with Crippen molar-refractivity contribution in [1.29, 1.82) is 0 Å². The van der Waals surface area contributed by atoms with Gasteiger partial charge in [-0.1, -0.05) is 45.1 Å². The first-order valence-corrected chi connectivity index (χ1v) is 4.53. The van der Waals surface area contributed by atoms with Gasteiger partial charge in [-0.15, -0.1) is 0 Å². The van der Waals surface area contributed by atoms with Crippen molar-refractivity contribution in [3.05, 3.63) is 24.3 Å². The normalized spacial score (nSPS) is 37.7.